The number of piperidine rings is 1. The Labute approximate surface area is 125 Å². The van der Waals surface area contributed by atoms with E-state index in [4.69, 9.17) is 4.74 Å². The van der Waals surface area contributed by atoms with Gasteiger partial charge in [-0.2, -0.15) is 0 Å². The normalized spacial score (nSPS) is 16.8. The lowest BCUT2D eigenvalue weighted by atomic mass is 9.94. The van der Waals surface area contributed by atoms with Gasteiger partial charge in [0.2, 0.25) is 5.88 Å². The van der Waals surface area contributed by atoms with Crippen LogP contribution in [0.2, 0.25) is 0 Å². The maximum atomic E-state index is 5.71. The average Bonchev–Trinajstić information content (AvgIpc) is 2.56. The molecule has 0 amide bonds. The zero-order valence-corrected chi connectivity index (χ0v) is 12.3. The Morgan fingerprint density at radius 1 is 1.19 bits per heavy atom. The molecule has 0 N–H and O–H groups in total. The van der Waals surface area contributed by atoms with Crippen LogP contribution in [0.3, 0.4) is 0 Å². The second kappa shape index (κ2) is 6.63. The second-order valence-electron chi connectivity index (χ2n) is 5.28. The van der Waals surface area contributed by atoms with Crippen LogP contribution in [0.25, 0.3) is 0 Å². The lowest BCUT2D eigenvalue weighted by Gasteiger charge is -2.30. The molecule has 0 unspecified atom stereocenters. The summed E-state index contributed by atoms with van der Waals surface area (Å²) in [6.07, 6.45) is 9.18. The molecule has 0 aliphatic carbocycles. The summed E-state index contributed by atoms with van der Waals surface area (Å²) in [7, 11) is 0. The van der Waals surface area contributed by atoms with Crippen molar-refractivity contribution in [3.8, 4) is 11.6 Å². The Balaban J connectivity index is 1.69. The lowest BCUT2D eigenvalue weighted by molar-refractivity contribution is 0.220. The van der Waals surface area contributed by atoms with Crippen LogP contribution in [0, 0.1) is 0 Å². The van der Waals surface area contributed by atoms with Crippen LogP contribution in [-0.2, 0) is 0 Å². The van der Waals surface area contributed by atoms with Gasteiger partial charge in [-0.1, -0.05) is 6.92 Å². The van der Waals surface area contributed by atoms with E-state index in [9.17, 15) is 0 Å². The molecule has 2 aromatic rings. The minimum absolute atomic E-state index is 0.484. The number of hydrogen-bond donors (Lipinski definition) is 0. The van der Waals surface area contributed by atoms with Crippen LogP contribution in [0.5, 0.6) is 11.6 Å². The number of hydrogen-bond acceptors (Lipinski definition) is 5. The van der Waals surface area contributed by atoms with E-state index in [1.54, 1.807) is 18.6 Å². The number of nitrogens with zero attached hydrogens (tertiary/aromatic N) is 4. The van der Waals surface area contributed by atoms with Crippen LogP contribution in [0.1, 0.15) is 31.4 Å². The molecule has 0 radical (unpaired) electrons. The number of aromatic nitrogens is 3. The third-order valence-electron chi connectivity index (χ3n) is 3.94. The van der Waals surface area contributed by atoms with Crippen molar-refractivity contribution < 1.29 is 4.74 Å². The molecule has 0 spiro atoms. The molecule has 3 heterocycles. The van der Waals surface area contributed by atoms with Crippen molar-refractivity contribution in [2.45, 2.75) is 25.7 Å². The van der Waals surface area contributed by atoms with Gasteiger partial charge in [-0.05, 0) is 44.6 Å². The summed E-state index contributed by atoms with van der Waals surface area (Å²) < 4.78 is 5.71. The molecule has 5 heteroatoms. The van der Waals surface area contributed by atoms with Gasteiger partial charge in [0.1, 0.15) is 5.75 Å². The number of rotatable bonds is 4. The molecule has 3 rings (SSSR count). The fourth-order valence-electron chi connectivity index (χ4n) is 2.68. The van der Waals surface area contributed by atoms with Crippen LogP contribution in [0.15, 0.2) is 36.9 Å². The first kappa shape index (κ1) is 13.9. The van der Waals surface area contributed by atoms with Gasteiger partial charge in [0.15, 0.2) is 0 Å². The second-order valence-corrected chi connectivity index (χ2v) is 5.28. The van der Waals surface area contributed by atoms with Crippen molar-refractivity contribution in [3.63, 3.8) is 0 Å². The first-order valence-electron chi connectivity index (χ1n) is 7.47. The lowest BCUT2D eigenvalue weighted by Crippen LogP contribution is -2.32. The standard InChI is InChI=1S/C16H20N4O/c1-2-20-8-5-13(6-9-20)15-11-18-12-16(19-15)21-14-4-3-7-17-10-14/h3-4,7,10-13H,2,5-6,8-9H2,1H3. The molecular formula is C16H20N4O. The minimum atomic E-state index is 0.484. The van der Waals surface area contributed by atoms with Gasteiger partial charge in [-0.15, -0.1) is 0 Å². The van der Waals surface area contributed by atoms with Crippen molar-refractivity contribution in [2.75, 3.05) is 19.6 Å². The molecular weight excluding hydrogens is 264 g/mol. The van der Waals surface area contributed by atoms with Crippen LogP contribution in [-0.4, -0.2) is 39.5 Å². The zero-order chi connectivity index (χ0) is 14.5. The van der Waals surface area contributed by atoms with Crippen molar-refractivity contribution in [3.05, 3.63) is 42.6 Å². The Morgan fingerprint density at radius 3 is 2.76 bits per heavy atom. The first-order valence-corrected chi connectivity index (χ1v) is 7.47. The van der Waals surface area contributed by atoms with E-state index in [1.165, 1.54) is 0 Å². The predicted molar refractivity (Wildman–Crippen MR) is 80.4 cm³/mol. The molecule has 0 saturated carbocycles. The summed E-state index contributed by atoms with van der Waals surface area (Å²) in [6, 6.07) is 3.70. The van der Waals surface area contributed by atoms with Gasteiger partial charge >= 0.3 is 0 Å². The van der Waals surface area contributed by atoms with Crippen LogP contribution in [0.4, 0.5) is 0 Å². The largest absolute Gasteiger partial charge is 0.436 e. The van der Waals surface area contributed by atoms with Crippen molar-refractivity contribution in [2.24, 2.45) is 0 Å². The molecule has 0 aromatic carbocycles. The van der Waals surface area contributed by atoms with Crippen molar-refractivity contribution in [1.29, 1.82) is 0 Å². The highest BCUT2D eigenvalue weighted by Gasteiger charge is 2.21. The summed E-state index contributed by atoms with van der Waals surface area (Å²) in [5, 5.41) is 0. The Hall–Kier alpha value is -2.01. The maximum Gasteiger partial charge on any atom is 0.238 e. The minimum Gasteiger partial charge on any atom is -0.436 e. The highest BCUT2D eigenvalue weighted by atomic mass is 16.5. The molecule has 1 saturated heterocycles. The van der Waals surface area contributed by atoms with Gasteiger partial charge in [-0.3, -0.25) is 9.97 Å². The third kappa shape index (κ3) is 3.55. The summed E-state index contributed by atoms with van der Waals surface area (Å²) >= 11 is 0. The quantitative estimate of drug-likeness (QED) is 0.864. The zero-order valence-electron chi connectivity index (χ0n) is 12.3. The number of pyridine rings is 1. The molecule has 5 nitrogen and oxygen atoms in total. The molecule has 110 valence electrons. The van der Waals surface area contributed by atoms with Gasteiger partial charge in [0, 0.05) is 18.3 Å². The van der Waals surface area contributed by atoms with Gasteiger partial charge < -0.3 is 9.64 Å². The predicted octanol–water partition coefficient (Wildman–Crippen LogP) is 2.86. The molecule has 2 aromatic heterocycles. The Kier molecular flexibility index (Phi) is 4.40. The van der Waals surface area contributed by atoms with Crippen molar-refractivity contribution >= 4 is 0 Å². The van der Waals surface area contributed by atoms with E-state index in [0.29, 0.717) is 17.5 Å². The SMILES string of the molecule is CCN1CCC(c2cncc(Oc3cccnc3)n2)CC1. The topological polar surface area (TPSA) is 51.1 Å². The molecule has 0 bridgehead atoms. The van der Waals surface area contributed by atoms with E-state index in [2.05, 4.69) is 26.8 Å². The summed E-state index contributed by atoms with van der Waals surface area (Å²) in [4.78, 5) is 15.4. The molecule has 1 fully saturated rings. The monoisotopic (exact) mass is 284 g/mol. The number of likely N-dealkylation sites (tertiary alicyclic amines) is 1. The first-order chi connectivity index (χ1) is 10.3. The Bertz CT molecular complexity index is 567. The molecule has 0 atom stereocenters. The maximum absolute atomic E-state index is 5.71. The molecule has 1 aliphatic rings. The van der Waals surface area contributed by atoms with E-state index in [1.807, 2.05) is 18.3 Å². The third-order valence-corrected chi connectivity index (χ3v) is 3.94. The summed E-state index contributed by atoms with van der Waals surface area (Å²) in [5.74, 6) is 1.71. The van der Waals surface area contributed by atoms with Gasteiger partial charge in [0.25, 0.3) is 0 Å². The fraction of sp³-hybridized carbons (Fsp3) is 0.438. The van der Waals surface area contributed by atoms with Crippen LogP contribution < -0.4 is 4.74 Å². The Morgan fingerprint density at radius 2 is 2.05 bits per heavy atom. The van der Waals surface area contributed by atoms with Crippen LogP contribution >= 0.6 is 0 Å². The summed E-state index contributed by atoms with van der Waals surface area (Å²) in [6.45, 7) is 5.61. The van der Waals surface area contributed by atoms with Gasteiger partial charge in [0.05, 0.1) is 18.1 Å². The fourth-order valence-corrected chi connectivity index (χ4v) is 2.68. The number of ether oxygens (including phenoxy) is 1. The molecule has 1 aliphatic heterocycles. The van der Waals surface area contributed by atoms with E-state index < -0.39 is 0 Å². The van der Waals surface area contributed by atoms with E-state index in [-0.39, 0.29) is 0 Å². The van der Waals surface area contributed by atoms with E-state index >= 15 is 0 Å². The highest BCUT2D eigenvalue weighted by Crippen LogP contribution is 2.27. The van der Waals surface area contributed by atoms with Crippen molar-refractivity contribution in [1.82, 2.24) is 19.9 Å². The highest BCUT2D eigenvalue weighted by molar-refractivity contribution is 5.23. The van der Waals surface area contributed by atoms with E-state index in [0.717, 1.165) is 38.2 Å². The molecule has 21 heavy (non-hydrogen) atoms. The average molecular weight is 284 g/mol. The van der Waals surface area contributed by atoms with Gasteiger partial charge in [-0.25, -0.2) is 4.98 Å². The smallest absolute Gasteiger partial charge is 0.238 e. The summed E-state index contributed by atoms with van der Waals surface area (Å²) in [5.41, 5.74) is 1.03.